The smallest absolute Gasteiger partial charge is 0.303 e. The molecule has 0 unspecified atom stereocenters. The third-order valence-electron chi connectivity index (χ3n) is 6.36. The summed E-state index contributed by atoms with van der Waals surface area (Å²) >= 11 is 0. The lowest BCUT2D eigenvalue weighted by Gasteiger charge is -2.57. The number of benzene rings is 1. The molecule has 3 aliphatic rings. The fourth-order valence-corrected chi connectivity index (χ4v) is 4.87. The summed E-state index contributed by atoms with van der Waals surface area (Å²) in [5.74, 6) is -0.671. The molecule has 2 bridgehead atoms. The molecular weight excluding hydrogens is 368 g/mol. The molecule has 4 atom stereocenters. The van der Waals surface area contributed by atoms with E-state index in [0.29, 0.717) is 19.6 Å². The van der Waals surface area contributed by atoms with E-state index in [1.807, 2.05) is 18.2 Å². The maximum Gasteiger partial charge on any atom is 0.303 e. The van der Waals surface area contributed by atoms with Crippen LogP contribution in [0.1, 0.15) is 50.6 Å². The minimum Gasteiger partial charge on any atom is -0.481 e. The number of carbonyl (C=O) groups excluding carboxylic acids is 1. The maximum atomic E-state index is 13.2. The first-order valence-corrected chi connectivity index (χ1v) is 10.5. The van der Waals surface area contributed by atoms with E-state index in [9.17, 15) is 9.59 Å². The summed E-state index contributed by atoms with van der Waals surface area (Å²) in [5.41, 5.74) is 0.984. The second-order valence-electron chi connectivity index (χ2n) is 8.14. The molecule has 0 radical (unpaired) electrons. The van der Waals surface area contributed by atoms with Crippen LogP contribution in [-0.4, -0.2) is 53.7 Å². The van der Waals surface area contributed by atoms with Crippen LogP contribution in [0.4, 0.5) is 0 Å². The van der Waals surface area contributed by atoms with Crippen molar-refractivity contribution in [1.82, 2.24) is 10.2 Å². The number of hydrogen-bond acceptors (Lipinski definition) is 4. The van der Waals surface area contributed by atoms with Gasteiger partial charge in [0.15, 0.2) is 0 Å². The molecule has 1 aromatic rings. The summed E-state index contributed by atoms with van der Waals surface area (Å²) in [6.45, 7) is 3.19. The molecule has 2 aliphatic heterocycles. The number of amides is 1. The van der Waals surface area contributed by atoms with Crippen molar-refractivity contribution in [2.24, 2.45) is 5.92 Å². The number of nitrogens with zero attached hydrogens (tertiary/aromatic N) is 1. The van der Waals surface area contributed by atoms with Crippen molar-refractivity contribution >= 4 is 11.9 Å². The summed E-state index contributed by atoms with van der Waals surface area (Å²) < 4.78 is 5.40. The number of fused-ring (bicyclic) bond motifs is 2. The van der Waals surface area contributed by atoms with E-state index in [2.05, 4.69) is 41.4 Å². The van der Waals surface area contributed by atoms with Gasteiger partial charge in [0.05, 0.1) is 6.04 Å². The largest absolute Gasteiger partial charge is 0.481 e. The molecular formula is C23H32N2O4. The van der Waals surface area contributed by atoms with Crippen molar-refractivity contribution in [1.29, 1.82) is 0 Å². The summed E-state index contributed by atoms with van der Waals surface area (Å²) in [6, 6.07) is 10.1. The number of rotatable bonds is 10. The van der Waals surface area contributed by atoms with Crippen LogP contribution in [0.25, 0.3) is 0 Å². The highest BCUT2D eigenvalue weighted by Gasteiger charge is 2.52. The van der Waals surface area contributed by atoms with Crippen molar-refractivity contribution < 1.29 is 19.4 Å². The molecule has 0 aromatic heterocycles. The summed E-state index contributed by atoms with van der Waals surface area (Å²) in [7, 11) is 1.71. The van der Waals surface area contributed by atoms with Gasteiger partial charge < -0.3 is 15.2 Å². The number of carbonyl (C=O) groups is 2. The Morgan fingerprint density at radius 1 is 1.34 bits per heavy atom. The summed E-state index contributed by atoms with van der Waals surface area (Å²) in [6.07, 6.45) is 7.83. The Bertz CT molecular complexity index is 736. The van der Waals surface area contributed by atoms with Gasteiger partial charge in [0.25, 0.3) is 0 Å². The molecule has 6 heteroatoms. The molecule has 1 saturated heterocycles. The Morgan fingerprint density at radius 2 is 2.10 bits per heavy atom. The van der Waals surface area contributed by atoms with Crippen molar-refractivity contribution in [2.45, 2.75) is 56.7 Å². The van der Waals surface area contributed by atoms with Crippen LogP contribution in [0.15, 0.2) is 42.5 Å². The first-order chi connectivity index (χ1) is 14.0. The Kier molecular flexibility index (Phi) is 7.09. The molecule has 4 rings (SSSR count). The number of hydrogen-bond donors (Lipinski definition) is 2. The molecule has 6 nitrogen and oxygen atoms in total. The molecule has 2 heterocycles. The third-order valence-corrected chi connectivity index (χ3v) is 6.36. The van der Waals surface area contributed by atoms with E-state index in [4.69, 9.17) is 9.84 Å². The molecule has 0 saturated carbocycles. The Morgan fingerprint density at radius 3 is 2.72 bits per heavy atom. The highest BCUT2D eigenvalue weighted by atomic mass is 16.5. The van der Waals surface area contributed by atoms with Crippen molar-refractivity contribution in [3.8, 4) is 0 Å². The van der Waals surface area contributed by atoms with Crippen LogP contribution in [0.2, 0.25) is 0 Å². The van der Waals surface area contributed by atoms with Gasteiger partial charge in [0.2, 0.25) is 5.91 Å². The molecule has 1 fully saturated rings. The molecule has 158 valence electrons. The van der Waals surface area contributed by atoms with E-state index < -0.39 is 5.97 Å². The molecule has 1 aliphatic carbocycles. The number of carboxylic acids is 1. The molecule has 1 amide bonds. The van der Waals surface area contributed by atoms with Crippen molar-refractivity contribution in [3.05, 3.63) is 48.0 Å². The maximum absolute atomic E-state index is 13.2. The number of nitrogens with one attached hydrogen (secondary N) is 1. The predicted octanol–water partition coefficient (Wildman–Crippen LogP) is 3.15. The van der Waals surface area contributed by atoms with E-state index >= 15 is 0 Å². The normalized spacial score (nSPS) is 27.0. The van der Waals surface area contributed by atoms with Gasteiger partial charge in [-0.2, -0.15) is 0 Å². The number of methoxy groups -OCH3 is 1. The van der Waals surface area contributed by atoms with Crippen LogP contribution in [-0.2, 0) is 14.3 Å². The van der Waals surface area contributed by atoms with Gasteiger partial charge in [-0.05, 0) is 38.2 Å². The third kappa shape index (κ3) is 4.70. The highest BCUT2D eigenvalue weighted by molar-refractivity contribution is 5.83. The van der Waals surface area contributed by atoms with Gasteiger partial charge in [0.1, 0.15) is 0 Å². The number of piperidine rings is 1. The second-order valence-corrected chi connectivity index (χ2v) is 8.14. The molecule has 1 aromatic carbocycles. The monoisotopic (exact) mass is 400 g/mol. The fraction of sp³-hybridized carbons (Fsp3) is 0.565. The van der Waals surface area contributed by atoms with Crippen LogP contribution in [0.3, 0.4) is 0 Å². The van der Waals surface area contributed by atoms with Crippen molar-refractivity contribution in [3.63, 3.8) is 0 Å². The van der Waals surface area contributed by atoms with Gasteiger partial charge >= 0.3 is 5.97 Å². The highest BCUT2D eigenvalue weighted by Crippen LogP contribution is 2.48. The Labute approximate surface area is 172 Å². The van der Waals surface area contributed by atoms with Crippen LogP contribution >= 0.6 is 0 Å². The molecule has 2 N–H and O–H groups in total. The van der Waals surface area contributed by atoms with E-state index in [1.165, 1.54) is 5.56 Å². The lowest BCUT2D eigenvalue weighted by Crippen LogP contribution is -2.66. The second kappa shape index (κ2) is 9.55. The van der Waals surface area contributed by atoms with Gasteiger partial charge in [-0.15, -0.1) is 0 Å². The lowest BCUT2D eigenvalue weighted by molar-refractivity contribution is -0.139. The standard InChI is InChI=1S/C23H32N2O4/c1-17(18-7-4-3-5-8-18)25-21(22(28)24-15-6-9-20(26)27)19-10-12-23(25,13-11-19)14-16-29-2/h3-5,7-8,10,12,17,19,21H,6,9,11,13-16H2,1-2H3,(H,24,28)(H,26,27)/t17-,19+,21+,23-/m1/s1. The molecule has 0 spiro atoms. The van der Waals surface area contributed by atoms with E-state index in [0.717, 1.165) is 19.3 Å². The Hall–Kier alpha value is -2.18. The average Bonchev–Trinajstić information content (AvgIpc) is 2.75. The SMILES string of the molecule is COCC[C@@]12C=C[C@@H](CC1)[C@@H](C(=O)NCCCC(=O)O)N2[C@H](C)c1ccccc1. The number of ether oxygens (including phenoxy) is 1. The predicted molar refractivity (Wildman–Crippen MR) is 111 cm³/mol. The Balaban J connectivity index is 1.85. The van der Waals surface area contributed by atoms with Gasteiger partial charge in [0, 0.05) is 44.2 Å². The quantitative estimate of drug-likeness (QED) is 0.466. The summed E-state index contributed by atoms with van der Waals surface area (Å²) in [4.78, 5) is 26.4. The number of aliphatic carboxylic acids is 1. The van der Waals surface area contributed by atoms with Gasteiger partial charge in [-0.25, -0.2) is 0 Å². The number of carboxylic acid groups (broad SMARTS) is 1. The topological polar surface area (TPSA) is 78.9 Å². The summed E-state index contributed by atoms with van der Waals surface area (Å²) in [5, 5.41) is 11.8. The zero-order valence-corrected chi connectivity index (χ0v) is 17.3. The van der Waals surface area contributed by atoms with Crippen LogP contribution < -0.4 is 5.32 Å². The molecule has 29 heavy (non-hydrogen) atoms. The van der Waals surface area contributed by atoms with Crippen molar-refractivity contribution in [2.75, 3.05) is 20.3 Å². The average molecular weight is 401 g/mol. The fourth-order valence-electron chi connectivity index (χ4n) is 4.87. The van der Waals surface area contributed by atoms with Crippen LogP contribution in [0.5, 0.6) is 0 Å². The lowest BCUT2D eigenvalue weighted by atomic mass is 9.69. The van der Waals surface area contributed by atoms with E-state index in [-0.39, 0.29) is 35.9 Å². The first-order valence-electron chi connectivity index (χ1n) is 10.5. The van der Waals surface area contributed by atoms with E-state index in [1.54, 1.807) is 7.11 Å². The van der Waals surface area contributed by atoms with Gasteiger partial charge in [-0.1, -0.05) is 42.5 Å². The zero-order valence-electron chi connectivity index (χ0n) is 17.3. The van der Waals surface area contributed by atoms with Gasteiger partial charge in [-0.3, -0.25) is 14.5 Å². The minimum absolute atomic E-state index is 0.00554. The minimum atomic E-state index is -0.836. The zero-order chi connectivity index (χ0) is 20.9. The van der Waals surface area contributed by atoms with Crippen LogP contribution in [0, 0.1) is 5.92 Å². The first kappa shape index (κ1) is 21.5.